The zero-order chi connectivity index (χ0) is 21.7. The third kappa shape index (κ3) is 5.60. The highest BCUT2D eigenvalue weighted by atomic mass is 32.2. The molecule has 2 heterocycles. The molecule has 2 aromatic rings. The Labute approximate surface area is 177 Å². The molecule has 1 aliphatic rings. The molecule has 9 heteroatoms. The minimum absolute atomic E-state index is 0.326. The number of oxazole rings is 1. The number of nitrogens with zero attached hydrogens (tertiary/aromatic N) is 3. The van der Waals surface area contributed by atoms with Crippen molar-refractivity contribution in [3.05, 3.63) is 35.7 Å². The van der Waals surface area contributed by atoms with E-state index in [9.17, 15) is 13.2 Å². The largest absolute Gasteiger partial charge is 0.497 e. The molecule has 3 rings (SSSR count). The molecule has 1 saturated heterocycles. The molecular weight excluding hydrogens is 406 g/mol. The van der Waals surface area contributed by atoms with Gasteiger partial charge in [0.1, 0.15) is 17.3 Å². The molecule has 1 fully saturated rings. The van der Waals surface area contributed by atoms with Gasteiger partial charge in [0.05, 0.1) is 18.6 Å². The summed E-state index contributed by atoms with van der Waals surface area (Å²) in [5.74, 6) is 0.226. The molecule has 1 aromatic heterocycles. The van der Waals surface area contributed by atoms with E-state index in [4.69, 9.17) is 9.15 Å². The van der Waals surface area contributed by atoms with Gasteiger partial charge in [-0.1, -0.05) is 13.0 Å². The first kappa shape index (κ1) is 22.3. The number of amides is 1. The lowest BCUT2D eigenvalue weighted by Crippen LogP contribution is -2.50. The molecule has 1 aromatic carbocycles. The van der Waals surface area contributed by atoms with Crippen LogP contribution in [-0.4, -0.2) is 74.7 Å². The molecule has 0 unspecified atom stereocenters. The lowest BCUT2D eigenvalue weighted by molar-refractivity contribution is -0.130. The Morgan fingerprint density at radius 3 is 2.63 bits per heavy atom. The summed E-state index contributed by atoms with van der Waals surface area (Å²) < 4.78 is 36.2. The van der Waals surface area contributed by atoms with Gasteiger partial charge >= 0.3 is 0 Å². The number of carbonyl (C=O) groups excluding carboxylic acids is 1. The molecule has 0 radical (unpaired) electrons. The summed E-state index contributed by atoms with van der Waals surface area (Å²) in [6.45, 7) is 7.50. The molecular formula is C21H29N3O5S. The quantitative estimate of drug-likeness (QED) is 0.627. The zero-order valence-corrected chi connectivity index (χ0v) is 18.6. The fourth-order valence-corrected chi connectivity index (χ4v) is 4.86. The second kappa shape index (κ2) is 9.61. The number of hydrogen-bond acceptors (Lipinski definition) is 7. The number of aromatic nitrogens is 1. The monoisotopic (exact) mass is 435 g/mol. The average molecular weight is 436 g/mol. The van der Waals surface area contributed by atoms with Gasteiger partial charge in [-0.2, -0.15) is 0 Å². The van der Waals surface area contributed by atoms with Gasteiger partial charge in [0.15, 0.2) is 9.84 Å². The van der Waals surface area contributed by atoms with Crippen molar-refractivity contribution in [2.75, 3.05) is 45.6 Å². The topological polar surface area (TPSA) is 93.0 Å². The SMILES string of the molecule is CCCN1CCN(C(=O)CS(=O)(=O)Cc2nc(-c3cccc(OC)c3)oc2C)CC1. The first-order valence-corrected chi connectivity index (χ1v) is 11.9. The van der Waals surface area contributed by atoms with E-state index < -0.39 is 15.6 Å². The number of rotatable bonds is 8. The predicted octanol–water partition coefficient (Wildman–Crippen LogP) is 2.13. The van der Waals surface area contributed by atoms with Crippen molar-refractivity contribution in [3.63, 3.8) is 0 Å². The molecule has 8 nitrogen and oxygen atoms in total. The minimum atomic E-state index is -3.66. The molecule has 1 aliphatic heterocycles. The lowest BCUT2D eigenvalue weighted by atomic mass is 10.2. The van der Waals surface area contributed by atoms with Crippen LogP contribution in [-0.2, 0) is 20.4 Å². The van der Waals surface area contributed by atoms with Crippen molar-refractivity contribution in [1.82, 2.24) is 14.8 Å². The molecule has 0 atom stereocenters. The van der Waals surface area contributed by atoms with Crippen molar-refractivity contribution in [2.45, 2.75) is 26.0 Å². The van der Waals surface area contributed by atoms with Gasteiger partial charge in [0, 0.05) is 31.7 Å². The first-order chi connectivity index (χ1) is 14.3. The number of hydrogen-bond donors (Lipinski definition) is 0. The van der Waals surface area contributed by atoms with E-state index in [-0.39, 0.29) is 11.7 Å². The fourth-order valence-electron chi connectivity index (χ4n) is 3.52. The standard InChI is InChI=1S/C21H29N3O5S/c1-4-8-23-9-11-24(12-10-23)20(25)15-30(26,27)14-19-16(2)29-21(22-19)17-6-5-7-18(13-17)28-3/h5-7,13H,4,8-12,14-15H2,1-3H3. The van der Waals surface area contributed by atoms with E-state index in [1.165, 1.54) is 0 Å². The molecule has 1 amide bonds. The highest BCUT2D eigenvalue weighted by molar-refractivity contribution is 7.91. The van der Waals surface area contributed by atoms with Gasteiger partial charge in [-0.3, -0.25) is 9.69 Å². The summed E-state index contributed by atoms with van der Waals surface area (Å²) in [5, 5.41) is 0. The van der Waals surface area contributed by atoms with Gasteiger partial charge in [0.2, 0.25) is 11.8 Å². The molecule has 0 saturated carbocycles. The Morgan fingerprint density at radius 1 is 1.23 bits per heavy atom. The third-order valence-electron chi connectivity index (χ3n) is 5.17. The number of carbonyl (C=O) groups is 1. The van der Waals surface area contributed by atoms with E-state index >= 15 is 0 Å². The maximum absolute atomic E-state index is 12.7. The molecule has 0 N–H and O–H groups in total. The smallest absolute Gasteiger partial charge is 0.237 e. The number of ether oxygens (including phenoxy) is 1. The Kier molecular flexibility index (Phi) is 7.14. The highest BCUT2D eigenvalue weighted by Crippen LogP contribution is 2.26. The number of piperazine rings is 1. The maximum Gasteiger partial charge on any atom is 0.237 e. The van der Waals surface area contributed by atoms with Crippen molar-refractivity contribution < 1.29 is 22.4 Å². The van der Waals surface area contributed by atoms with Gasteiger partial charge in [0.25, 0.3) is 0 Å². The Hall–Kier alpha value is -2.39. The summed E-state index contributed by atoms with van der Waals surface area (Å²) in [5.41, 5.74) is 1.02. The van der Waals surface area contributed by atoms with Gasteiger partial charge in [-0.15, -0.1) is 0 Å². The van der Waals surface area contributed by atoms with Crippen molar-refractivity contribution in [1.29, 1.82) is 0 Å². The number of sulfone groups is 1. The van der Waals surface area contributed by atoms with E-state index in [0.29, 0.717) is 41.7 Å². The van der Waals surface area contributed by atoms with Crippen LogP contribution < -0.4 is 4.74 Å². The number of aryl methyl sites for hydroxylation is 1. The van der Waals surface area contributed by atoms with Crippen LogP contribution in [0.3, 0.4) is 0 Å². The lowest BCUT2D eigenvalue weighted by Gasteiger charge is -2.34. The van der Waals surface area contributed by atoms with Crippen molar-refractivity contribution in [2.24, 2.45) is 0 Å². The summed E-state index contributed by atoms with van der Waals surface area (Å²) >= 11 is 0. The van der Waals surface area contributed by atoms with E-state index in [0.717, 1.165) is 26.1 Å². The second-order valence-electron chi connectivity index (χ2n) is 7.51. The van der Waals surface area contributed by atoms with Gasteiger partial charge in [-0.05, 0) is 38.1 Å². The Balaban J connectivity index is 1.64. The van der Waals surface area contributed by atoms with Crippen LogP contribution in [0.15, 0.2) is 28.7 Å². The van der Waals surface area contributed by atoms with Crippen molar-refractivity contribution >= 4 is 15.7 Å². The normalized spacial score (nSPS) is 15.4. The summed E-state index contributed by atoms with van der Waals surface area (Å²) in [6.07, 6.45) is 1.07. The number of benzene rings is 1. The maximum atomic E-state index is 12.7. The van der Waals surface area contributed by atoms with E-state index in [1.807, 2.05) is 12.1 Å². The van der Waals surface area contributed by atoms with Crippen LogP contribution >= 0.6 is 0 Å². The van der Waals surface area contributed by atoms with Crippen LogP contribution in [0, 0.1) is 6.92 Å². The number of methoxy groups -OCH3 is 1. The molecule has 0 aliphatic carbocycles. The van der Waals surface area contributed by atoms with Crippen LogP contribution in [0.4, 0.5) is 0 Å². The van der Waals surface area contributed by atoms with Crippen LogP contribution in [0.5, 0.6) is 5.75 Å². The Morgan fingerprint density at radius 2 is 1.97 bits per heavy atom. The van der Waals surface area contributed by atoms with Crippen LogP contribution in [0.25, 0.3) is 11.5 Å². The molecule has 0 spiro atoms. The Bertz CT molecular complexity index is 978. The van der Waals surface area contributed by atoms with Crippen molar-refractivity contribution in [3.8, 4) is 17.2 Å². The third-order valence-corrected chi connectivity index (χ3v) is 6.57. The van der Waals surface area contributed by atoms with E-state index in [1.54, 1.807) is 31.1 Å². The fraction of sp³-hybridized carbons (Fsp3) is 0.524. The molecule has 0 bridgehead atoms. The van der Waals surface area contributed by atoms with Crippen LogP contribution in [0.2, 0.25) is 0 Å². The first-order valence-electron chi connectivity index (χ1n) is 10.1. The summed E-state index contributed by atoms with van der Waals surface area (Å²) in [4.78, 5) is 20.8. The summed E-state index contributed by atoms with van der Waals surface area (Å²) in [7, 11) is -2.10. The van der Waals surface area contributed by atoms with Gasteiger partial charge in [-0.25, -0.2) is 13.4 Å². The predicted molar refractivity (Wildman–Crippen MR) is 114 cm³/mol. The molecule has 164 valence electrons. The van der Waals surface area contributed by atoms with E-state index in [2.05, 4.69) is 16.8 Å². The second-order valence-corrected chi connectivity index (χ2v) is 9.57. The average Bonchev–Trinajstić information content (AvgIpc) is 3.08. The highest BCUT2D eigenvalue weighted by Gasteiger charge is 2.27. The van der Waals surface area contributed by atoms with Gasteiger partial charge < -0.3 is 14.1 Å². The van der Waals surface area contributed by atoms with Crippen LogP contribution in [0.1, 0.15) is 24.8 Å². The summed E-state index contributed by atoms with van der Waals surface area (Å²) in [6, 6.07) is 7.19. The molecule has 30 heavy (non-hydrogen) atoms. The zero-order valence-electron chi connectivity index (χ0n) is 17.8. The minimum Gasteiger partial charge on any atom is -0.497 e.